The first-order valence-electron chi connectivity index (χ1n) is 6.14. The molecule has 1 fully saturated rings. The van der Waals surface area contributed by atoms with Crippen LogP contribution >= 0.6 is 23.2 Å². The Hall–Kier alpha value is -0.810. The smallest absolute Gasteiger partial charge is 0.237 e. The van der Waals surface area contributed by atoms with Gasteiger partial charge in [0.1, 0.15) is 0 Å². The van der Waals surface area contributed by atoms with E-state index in [4.69, 9.17) is 23.2 Å². The minimum absolute atomic E-state index is 0.130. The Labute approximate surface area is 122 Å². The van der Waals surface area contributed by atoms with Gasteiger partial charge in [-0.05, 0) is 31.0 Å². The maximum Gasteiger partial charge on any atom is 0.237 e. The number of aliphatic hydroxyl groups excluding tert-OH is 1. The van der Waals surface area contributed by atoms with E-state index >= 15 is 0 Å². The summed E-state index contributed by atoms with van der Waals surface area (Å²) < 4.78 is 0. The molecule has 0 spiro atoms. The van der Waals surface area contributed by atoms with Gasteiger partial charge < -0.3 is 15.7 Å². The fourth-order valence-electron chi connectivity index (χ4n) is 2.16. The molecule has 1 amide bonds. The molecule has 0 aromatic heterocycles. The second-order valence-corrected chi connectivity index (χ2v) is 5.59. The van der Waals surface area contributed by atoms with Crippen LogP contribution in [0.2, 0.25) is 10.0 Å². The molecule has 3 atom stereocenters. The normalized spacial score (nSPS) is 24.2. The molecular weight excluding hydrogens is 287 g/mol. The standard InChI is InChI=1S/C13H16Cl2N2O2/c1-7(10-3-2-8(14)4-11(10)15)17-13(19)12-5-9(18)6-16-12/h2-4,7,9,12,16,18H,5-6H2,1H3,(H,17,19)/t7-,9+,12+/m0/s1. The number of carbonyl (C=O) groups excluding carboxylic acids is 1. The van der Waals surface area contributed by atoms with E-state index in [-0.39, 0.29) is 18.0 Å². The van der Waals surface area contributed by atoms with Crippen LogP contribution in [0.3, 0.4) is 0 Å². The number of hydrogen-bond acceptors (Lipinski definition) is 3. The molecule has 1 aromatic carbocycles. The third kappa shape index (κ3) is 3.60. The van der Waals surface area contributed by atoms with Gasteiger partial charge >= 0.3 is 0 Å². The number of amides is 1. The summed E-state index contributed by atoms with van der Waals surface area (Å²) in [6.45, 7) is 2.31. The van der Waals surface area contributed by atoms with Crippen LogP contribution in [-0.4, -0.2) is 29.7 Å². The van der Waals surface area contributed by atoms with Crippen molar-refractivity contribution >= 4 is 29.1 Å². The van der Waals surface area contributed by atoms with Crippen LogP contribution in [0, 0.1) is 0 Å². The molecule has 0 unspecified atom stereocenters. The number of aliphatic hydroxyl groups is 1. The van der Waals surface area contributed by atoms with Crippen LogP contribution in [0.1, 0.15) is 24.9 Å². The first kappa shape index (κ1) is 14.6. The molecule has 4 nitrogen and oxygen atoms in total. The van der Waals surface area contributed by atoms with Gasteiger partial charge in [-0.1, -0.05) is 29.3 Å². The molecule has 1 saturated heterocycles. The summed E-state index contributed by atoms with van der Waals surface area (Å²) in [5.74, 6) is -0.130. The number of hydrogen-bond donors (Lipinski definition) is 3. The third-order valence-corrected chi connectivity index (χ3v) is 3.77. The van der Waals surface area contributed by atoms with Crippen LogP contribution in [0.15, 0.2) is 18.2 Å². The summed E-state index contributed by atoms with van der Waals surface area (Å²) in [4.78, 5) is 12.0. The van der Waals surface area contributed by atoms with E-state index in [9.17, 15) is 9.90 Å². The lowest BCUT2D eigenvalue weighted by Crippen LogP contribution is -2.41. The van der Waals surface area contributed by atoms with Crippen LogP contribution in [0.4, 0.5) is 0 Å². The summed E-state index contributed by atoms with van der Waals surface area (Å²) in [7, 11) is 0. The monoisotopic (exact) mass is 302 g/mol. The fourth-order valence-corrected chi connectivity index (χ4v) is 2.73. The van der Waals surface area contributed by atoms with E-state index < -0.39 is 6.10 Å². The average Bonchev–Trinajstić information content (AvgIpc) is 2.75. The van der Waals surface area contributed by atoms with Gasteiger partial charge in [0.25, 0.3) is 0 Å². The first-order chi connectivity index (χ1) is 8.97. The Bertz CT molecular complexity index is 482. The highest BCUT2D eigenvalue weighted by Gasteiger charge is 2.28. The topological polar surface area (TPSA) is 61.4 Å². The van der Waals surface area contributed by atoms with Gasteiger partial charge in [0.15, 0.2) is 0 Å². The van der Waals surface area contributed by atoms with Crippen molar-refractivity contribution in [3.8, 4) is 0 Å². The summed E-state index contributed by atoms with van der Waals surface area (Å²) in [6, 6.07) is 4.63. The summed E-state index contributed by atoms with van der Waals surface area (Å²) >= 11 is 11.9. The van der Waals surface area contributed by atoms with Gasteiger partial charge in [-0.3, -0.25) is 4.79 Å². The lowest BCUT2D eigenvalue weighted by atomic mass is 10.1. The summed E-state index contributed by atoms with van der Waals surface area (Å²) in [6.07, 6.45) is -0.0161. The van der Waals surface area contributed by atoms with Gasteiger partial charge in [-0.15, -0.1) is 0 Å². The number of carbonyl (C=O) groups is 1. The number of rotatable bonds is 3. The highest BCUT2D eigenvalue weighted by atomic mass is 35.5. The Morgan fingerprint density at radius 2 is 2.26 bits per heavy atom. The molecule has 0 saturated carbocycles. The molecular formula is C13H16Cl2N2O2. The quantitative estimate of drug-likeness (QED) is 0.799. The summed E-state index contributed by atoms with van der Waals surface area (Å²) in [5, 5.41) is 16.3. The molecule has 0 aliphatic carbocycles. The lowest BCUT2D eigenvalue weighted by molar-refractivity contribution is -0.123. The number of halogens is 2. The second kappa shape index (κ2) is 6.09. The zero-order chi connectivity index (χ0) is 14.0. The maximum absolute atomic E-state index is 12.0. The van der Waals surface area contributed by atoms with Gasteiger partial charge in [0, 0.05) is 16.6 Å². The number of benzene rings is 1. The van der Waals surface area contributed by atoms with Gasteiger partial charge in [-0.25, -0.2) is 0 Å². The minimum atomic E-state index is -0.454. The Kier molecular flexibility index (Phi) is 4.68. The predicted octanol–water partition coefficient (Wildman–Crippen LogP) is 1.89. The molecule has 1 heterocycles. The van der Waals surface area contributed by atoms with Crippen LogP contribution in [0.25, 0.3) is 0 Å². The Balaban J connectivity index is 2.00. The van der Waals surface area contributed by atoms with Crippen LogP contribution in [-0.2, 0) is 4.79 Å². The fraction of sp³-hybridized carbons (Fsp3) is 0.462. The van der Waals surface area contributed by atoms with E-state index in [1.54, 1.807) is 18.2 Å². The van der Waals surface area contributed by atoms with Crippen LogP contribution in [0.5, 0.6) is 0 Å². The molecule has 19 heavy (non-hydrogen) atoms. The number of nitrogens with one attached hydrogen (secondary N) is 2. The van der Waals surface area contributed by atoms with E-state index in [0.29, 0.717) is 23.0 Å². The van der Waals surface area contributed by atoms with Crippen molar-refractivity contribution in [3.63, 3.8) is 0 Å². The average molecular weight is 303 g/mol. The molecule has 1 aromatic rings. The molecule has 2 rings (SSSR count). The molecule has 0 bridgehead atoms. The predicted molar refractivity (Wildman–Crippen MR) is 75.4 cm³/mol. The van der Waals surface area contributed by atoms with Gasteiger partial charge in [0.2, 0.25) is 5.91 Å². The highest BCUT2D eigenvalue weighted by molar-refractivity contribution is 6.35. The van der Waals surface area contributed by atoms with Gasteiger partial charge in [-0.2, -0.15) is 0 Å². The van der Waals surface area contributed by atoms with E-state index in [1.165, 1.54) is 0 Å². The maximum atomic E-state index is 12.0. The number of β-amino-alcohol motifs (C(OH)–C–C–N with tert-alkyl or cyclic N) is 1. The zero-order valence-corrected chi connectivity index (χ0v) is 12.0. The van der Waals surface area contributed by atoms with Crippen LogP contribution < -0.4 is 10.6 Å². The van der Waals surface area contributed by atoms with Crippen molar-refractivity contribution in [2.45, 2.75) is 31.5 Å². The molecule has 104 valence electrons. The molecule has 3 N–H and O–H groups in total. The first-order valence-corrected chi connectivity index (χ1v) is 6.89. The van der Waals surface area contributed by atoms with Crippen molar-refractivity contribution in [2.24, 2.45) is 0 Å². The van der Waals surface area contributed by atoms with Crippen molar-refractivity contribution in [1.29, 1.82) is 0 Å². The Morgan fingerprint density at radius 3 is 2.84 bits per heavy atom. The molecule has 0 radical (unpaired) electrons. The third-order valence-electron chi connectivity index (χ3n) is 3.21. The van der Waals surface area contributed by atoms with Crippen molar-refractivity contribution in [1.82, 2.24) is 10.6 Å². The van der Waals surface area contributed by atoms with E-state index in [1.807, 2.05) is 6.92 Å². The van der Waals surface area contributed by atoms with E-state index in [0.717, 1.165) is 5.56 Å². The van der Waals surface area contributed by atoms with Crippen molar-refractivity contribution < 1.29 is 9.90 Å². The lowest BCUT2D eigenvalue weighted by Gasteiger charge is -2.18. The molecule has 1 aliphatic rings. The van der Waals surface area contributed by atoms with Crippen molar-refractivity contribution in [2.75, 3.05) is 6.54 Å². The van der Waals surface area contributed by atoms with Gasteiger partial charge in [0.05, 0.1) is 18.2 Å². The Morgan fingerprint density at radius 1 is 1.53 bits per heavy atom. The van der Waals surface area contributed by atoms with E-state index in [2.05, 4.69) is 10.6 Å². The second-order valence-electron chi connectivity index (χ2n) is 4.75. The zero-order valence-electron chi connectivity index (χ0n) is 10.5. The minimum Gasteiger partial charge on any atom is -0.392 e. The highest BCUT2D eigenvalue weighted by Crippen LogP contribution is 2.26. The largest absolute Gasteiger partial charge is 0.392 e. The summed E-state index contributed by atoms with van der Waals surface area (Å²) in [5.41, 5.74) is 0.818. The van der Waals surface area contributed by atoms with Crippen molar-refractivity contribution in [3.05, 3.63) is 33.8 Å². The SMILES string of the molecule is C[C@H](NC(=O)[C@H]1C[C@@H](O)CN1)c1ccc(Cl)cc1Cl. The molecule has 6 heteroatoms. The molecule has 1 aliphatic heterocycles.